The molecule has 8 rings (SSSR count). The Bertz CT molecular complexity index is 3130. The standard InChI is InChI=1S/C34H50N12O25P4/c1-13(2)65-23-15(67-31(22(23)50)44-6-5-17(47)40-34(44)52)8-62-72(53,54)69-24-16(68-32(25(24)61-4)45-11-39-18-26(35)37-10-38-27(18)45)9-64-74(57,58)71-75(59,60)70-73(55,56)63-7-14-20(48)21(49)30(66-14)46-12-43(3)19-28(46)41-33(36)42-29(19)51/h5-6,10-11,13-16,20-25,30-32,48-50H,7-9,12H2,1-4H3,(H,53,54)(H,55,56)(H,57,58)(H,59,60)(H2,35,37,38)(H,40,47,52)(H3,36,41,42,51)/t14-,15-,16-,20+,21?,22+,23?,24?,25+,30-,31-,32-/m1/s1. The summed E-state index contributed by atoms with van der Waals surface area (Å²) in [6.45, 7) is -0.185. The monoisotopic (exact) mass is 1150 g/mol. The SMILES string of the molecule is CO[C@H]1C(OP(=O)(O)OC[C@H]2O[C@@H](n3ccc(=O)[nH]c3=O)[C@@H](O)C2OC(C)C)[C@@H](COP(=O)(O)OP(=O)(O)OP(=O)(O)OC[C@H]2O[C@@H](N3CN(C)c4c3nc(N)[nH]c4=O)C(O)[C@H]2O)O[C@H]1n1cnc2c(N)ncnc21. The van der Waals surface area contributed by atoms with Crippen molar-refractivity contribution in [1.82, 2.24) is 39.0 Å². The molecule has 37 nitrogen and oxygen atoms in total. The van der Waals surface area contributed by atoms with Gasteiger partial charge in [-0.3, -0.25) is 46.8 Å². The molecule has 0 spiro atoms. The minimum atomic E-state index is -6.20. The van der Waals surface area contributed by atoms with Crippen LogP contribution in [-0.4, -0.2) is 182 Å². The van der Waals surface area contributed by atoms with E-state index in [4.69, 9.17) is 53.2 Å². The van der Waals surface area contributed by atoms with Crippen LogP contribution in [0.2, 0.25) is 0 Å². The molecule has 0 amide bonds. The number of nitrogen functional groups attached to an aromatic ring is 2. The summed E-state index contributed by atoms with van der Waals surface area (Å²) in [5, 5.41) is 32.7. The molecule has 8 heterocycles. The van der Waals surface area contributed by atoms with Gasteiger partial charge in [0.15, 0.2) is 36.0 Å². The molecule has 41 heteroatoms. The van der Waals surface area contributed by atoms with Crippen molar-refractivity contribution in [3.05, 3.63) is 56.1 Å². The van der Waals surface area contributed by atoms with Crippen molar-refractivity contribution in [1.29, 1.82) is 0 Å². The lowest BCUT2D eigenvalue weighted by Crippen LogP contribution is -2.45. The van der Waals surface area contributed by atoms with Gasteiger partial charge in [0.05, 0.1) is 38.9 Å². The number of aliphatic hydroxyl groups is 3. The Labute approximate surface area is 419 Å². The van der Waals surface area contributed by atoms with E-state index in [9.17, 15) is 67.5 Å². The van der Waals surface area contributed by atoms with Gasteiger partial charge >= 0.3 is 37.0 Å². The number of methoxy groups -OCH3 is 1. The lowest BCUT2D eigenvalue weighted by atomic mass is 10.1. The zero-order valence-corrected chi connectivity index (χ0v) is 42.7. The Morgan fingerprint density at radius 1 is 0.760 bits per heavy atom. The number of H-pyrrole nitrogens is 2. The van der Waals surface area contributed by atoms with Crippen molar-refractivity contribution >= 4 is 65.7 Å². The minimum Gasteiger partial charge on any atom is -0.387 e. The molecule has 3 saturated heterocycles. The second-order valence-corrected chi connectivity index (χ2v) is 23.1. The van der Waals surface area contributed by atoms with Gasteiger partial charge in [-0.15, -0.1) is 0 Å². The van der Waals surface area contributed by atoms with Gasteiger partial charge in [0.2, 0.25) is 5.95 Å². The van der Waals surface area contributed by atoms with E-state index in [-0.39, 0.29) is 41.1 Å². The van der Waals surface area contributed by atoms with Crippen LogP contribution in [0.25, 0.3) is 11.2 Å². The fraction of sp³-hybridized carbons (Fsp3) is 0.618. The number of imidazole rings is 1. The minimum absolute atomic E-state index is 0.0173. The van der Waals surface area contributed by atoms with Gasteiger partial charge in [-0.2, -0.15) is 13.6 Å². The molecule has 4 aromatic heterocycles. The fourth-order valence-electron chi connectivity index (χ4n) is 8.41. The molecule has 3 fully saturated rings. The van der Waals surface area contributed by atoms with Crippen LogP contribution in [-0.2, 0) is 68.7 Å². The van der Waals surface area contributed by atoms with Crippen molar-refractivity contribution in [3.63, 3.8) is 0 Å². The summed E-state index contributed by atoms with van der Waals surface area (Å²) < 4.78 is 113. The number of nitrogens with two attached hydrogens (primary N) is 2. The zero-order chi connectivity index (χ0) is 54.7. The summed E-state index contributed by atoms with van der Waals surface area (Å²) in [6.07, 6.45) is -16.6. The van der Waals surface area contributed by atoms with E-state index in [1.807, 2.05) is 4.98 Å². The van der Waals surface area contributed by atoms with Gasteiger partial charge in [-0.05, 0) is 13.8 Å². The lowest BCUT2D eigenvalue weighted by molar-refractivity contribution is -0.0817. The van der Waals surface area contributed by atoms with Crippen molar-refractivity contribution in [2.24, 2.45) is 0 Å². The number of aromatic nitrogens is 8. The summed E-state index contributed by atoms with van der Waals surface area (Å²) >= 11 is 0. The van der Waals surface area contributed by atoms with Crippen LogP contribution in [0.4, 0.5) is 23.3 Å². The highest BCUT2D eigenvalue weighted by atomic mass is 31.3. The van der Waals surface area contributed by atoms with Gasteiger partial charge in [-0.1, -0.05) is 0 Å². The highest BCUT2D eigenvalue weighted by Gasteiger charge is 2.54. The highest BCUT2D eigenvalue weighted by Crippen LogP contribution is 2.68. The molecule has 4 aromatic rings. The molecule has 0 radical (unpaired) electrons. The van der Waals surface area contributed by atoms with Crippen molar-refractivity contribution in [2.75, 3.05) is 61.9 Å². The number of aliphatic hydroxyl groups excluding tert-OH is 3. The van der Waals surface area contributed by atoms with Crippen LogP contribution in [0.1, 0.15) is 26.3 Å². The van der Waals surface area contributed by atoms with Gasteiger partial charge < -0.3 is 79.8 Å². The molecule has 0 saturated carbocycles. The first-order chi connectivity index (χ1) is 35.1. The van der Waals surface area contributed by atoms with E-state index < -0.39 is 148 Å². The van der Waals surface area contributed by atoms with Gasteiger partial charge in [0, 0.05) is 26.4 Å². The molecule has 13 N–H and O–H groups in total. The molecular formula is C34H50N12O25P4. The molecule has 7 unspecified atom stereocenters. The number of ether oxygens (including phenoxy) is 5. The van der Waals surface area contributed by atoms with Crippen LogP contribution in [0.3, 0.4) is 0 Å². The third kappa shape index (κ3) is 12.3. The van der Waals surface area contributed by atoms with Gasteiger partial charge in [-0.25, -0.2) is 38.0 Å². The first-order valence-electron chi connectivity index (χ1n) is 21.7. The smallest absolute Gasteiger partial charge is 0.387 e. The van der Waals surface area contributed by atoms with E-state index in [1.165, 1.54) is 21.4 Å². The number of nitrogens with one attached hydrogen (secondary N) is 2. The molecule has 4 aliphatic rings. The maximum absolute atomic E-state index is 13.8. The summed E-state index contributed by atoms with van der Waals surface area (Å²) in [7, 11) is -20.8. The van der Waals surface area contributed by atoms with Crippen molar-refractivity contribution in [2.45, 2.75) is 93.6 Å². The topological polar surface area (TPSA) is 514 Å². The highest BCUT2D eigenvalue weighted by molar-refractivity contribution is 7.66. The largest absolute Gasteiger partial charge is 0.490 e. The molecular weight excluding hydrogens is 1100 g/mol. The Morgan fingerprint density at radius 2 is 1.37 bits per heavy atom. The number of fused-ring (bicyclic) bond motifs is 2. The van der Waals surface area contributed by atoms with Crippen molar-refractivity contribution < 1.29 is 104 Å². The van der Waals surface area contributed by atoms with E-state index in [1.54, 1.807) is 13.8 Å². The normalized spacial score (nSPS) is 31.1. The molecule has 4 aliphatic heterocycles. The Hall–Kier alpha value is -4.49. The summed E-state index contributed by atoms with van der Waals surface area (Å²) in [4.78, 5) is 102. The Morgan fingerprint density at radius 3 is 2.01 bits per heavy atom. The Balaban J connectivity index is 0.937. The van der Waals surface area contributed by atoms with Crippen LogP contribution < -0.4 is 38.1 Å². The molecule has 416 valence electrons. The maximum Gasteiger partial charge on any atom is 0.490 e. The van der Waals surface area contributed by atoms with Gasteiger partial charge in [0.1, 0.15) is 72.5 Å². The third-order valence-corrected chi connectivity index (χ3v) is 16.8. The van der Waals surface area contributed by atoms with E-state index in [0.717, 1.165) is 36.6 Å². The zero-order valence-electron chi connectivity index (χ0n) is 39.1. The van der Waals surface area contributed by atoms with E-state index >= 15 is 0 Å². The van der Waals surface area contributed by atoms with E-state index in [2.05, 4.69) is 33.5 Å². The first-order valence-corrected chi connectivity index (χ1v) is 27.7. The number of anilines is 4. The number of phosphoric acid groups is 4. The molecule has 0 aromatic carbocycles. The predicted octanol–water partition coefficient (Wildman–Crippen LogP) is -3.18. The lowest BCUT2D eigenvalue weighted by Gasteiger charge is -2.27. The second kappa shape index (κ2) is 21.7. The van der Waals surface area contributed by atoms with Crippen LogP contribution >= 0.6 is 31.3 Å². The van der Waals surface area contributed by atoms with Crippen LogP contribution in [0, 0.1) is 0 Å². The quantitative estimate of drug-likeness (QED) is 0.0366. The Kier molecular flexibility index (Phi) is 16.4. The molecule has 75 heavy (non-hydrogen) atoms. The van der Waals surface area contributed by atoms with E-state index in [0.29, 0.717) is 0 Å². The fourth-order valence-corrected chi connectivity index (χ4v) is 12.9. The maximum atomic E-state index is 13.8. The number of hydrogen-bond acceptors (Lipinski definition) is 29. The molecule has 0 aliphatic carbocycles. The average Bonchev–Trinajstić information content (AvgIpc) is 4.10. The number of aromatic amines is 2. The summed E-state index contributed by atoms with van der Waals surface area (Å²) in [6, 6.07) is 0.982. The molecule has 0 bridgehead atoms. The molecule has 16 atom stereocenters. The number of hydrogen-bond donors (Lipinski definition) is 11. The predicted molar refractivity (Wildman–Crippen MR) is 246 cm³/mol. The first kappa shape index (κ1) is 56.7. The third-order valence-electron chi connectivity index (χ3n) is 11.5. The average molecular weight is 1150 g/mol. The summed E-state index contributed by atoms with van der Waals surface area (Å²) in [5.74, 6) is -0.414. The number of nitrogens with zero attached hydrogens (tertiary/aromatic N) is 8. The second-order valence-electron chi connectivity index (χ2n) is 17.0. The van der Waals surface area contributed by atoms with Crippen LogP contribution in [0.15, 0.2) is 39.3 Å². The van der Waals surface area contributed by atoms with Crippen molar-refractivity contribution in [3.8, 4) is 0 Å². The summed E-state index contributed by atoms with van der Waals surface area (Å²) in [5.41, 5.74) is 9.37. The number of phosphoric ester groups is 3. The van der Waals surface area contributed by atoms with Crippen LogP contribution in [0.5, 0.6) is 0 Å². The number of rotatable bonds is 21. The van der Waals surface area contributed by atoms with Gasteiger partial charge in [0.25, 0.3) is 11.1 Å².